The van der Waals surface area contributed by atoms with E-state index in [4.69, 9.17) is 5.26 Å². The van der Waals surface area contributed by atoms with Gasteiger partial charge in [0.05, 0.1) is 11.6 Å². The van der Waals surface area contributed by atoms with Gasteiger partial charge in [0.2, 0.25) is 0 Å². The van der Waals surface area contributed by atoms with Crippen LogP contribution in [0.15, 0.2) is 42.5 Å². The molecule has 2 heteroatoms. The third kappa shape index (κ3) is 3.67. The molecule has 0 bridgehead atoms. The van der Waals surface area contributed by atoms with E-state index in [1.807, 2.05) is 24.3 Å². The lowest BCUT2D eigenvalue weighted by atomic mass is 9.77. The van der Waals surface area contributed by atoms with Gasteiger partial charge in [0.1, 0.15) is 5.82 Å². The van der Waals surface area contributed by atoms with Gasteiger partial charge in [-0.3, -0.25) is 0 Å². The molecule has 0 aliphatic heterocycles. The summed E-state index contributed by atoms with van der Waals surface area (Å²) in [5, 5.41) is 8.87. The minimum absolute atomic E-state index is 0.0872. The van der Waals surface area contributed by atoms with Crippen molar-refractivity contribution in [3.8, 4) is 17.2 Å². The molecule has 0 radical (unpaired) electrons. The number of nitriles is 1. The Morgan fingerprint density at radius 1 is 1.00 bits per heavy atom. The second-order valence-electron chi connectivity index (χ2n) is 6.93. The molecule has 3 rings (SSSR count). The summed E-state index contributed by atoms with van der Waals surface area (Å²) in [7, 11) is 0. The lowest BCUT2D eigenvalue weighted by Gasteiger charge is -2.29. The van der Waals surface area contributed by atoms with Gasteiger partial charge in [0, 0.05) is 0 Å². The van der Waals surface area contributed by atoms with E-state index < -0.39 is 0 Å². The fourth-order valence-electron chi connectivity index (χ4n) is 3.95. The minimum Gasteiger partial charge on any atom is -0.207 e. The highest BCUT2D eigenvalue weighted by Crippen LogP contribution is 2.39. The Morgan fingerprint density at radius 3 is 2.25 bits per heavy atom. The first kappa shape index (κ1) is 16.7. The summed E-state index contributed by atoms with van der Waals surface area (Å²) in [5.74, 6) is 1.12. The molecule has 0 aromatic heterocycles. The first-order valence-corrected chi connectivity index (χ1v) is 9.01. The van der Waals surface area contributed by atoms with E-state index >= 15 is 0 Å². The first-order chi connectivity index (χ1) is 11.7. The first-order valence-electron chi connectivity index (χ1n) is 9.01. The van der Waals surface area contributed by atoms with Crippen molar-refractivity contribution in [3.63, 3.8) is 0 Å². The van der Waals surface area contributed by atoms with Gasteiger partial charge in [0.15, 0.2) is 0 Å². The van der Waals surface area contributed by atoms with Gasteiger partial charge in [-0.05, 0) is 72.4 Å². The molecule has 0 amide bonds. The summed E-state index contributed by atoms with van der Waals surface area (Å²) in [5.41, 5.74) is 3.33. The quantitative estimate of drug-likeness (QED) is 0.636. The molecule has 2 aromatic rings. The van der Waals surface area contributed by atoms with Crippen molar-refractivity contribution in [3.05, 3.63) is 59.4 Å². The van der Waals surface area contributed by atoms with Crippen molar-refractivity contribution in [1.82, 2.24) is 0 Å². The van der Waals surface area contributed by atoms with Crippen molar-refractivity contribution in [2.24, 2.45) is 5.92 Å². The summed E-state index contributed by atoms with van der Waals surface area (Å²) in [4.78, 5) is 0. The average Bonchev–Trinajstić information content (AvgIpc) is 2.63. The summed E-state index contributed by atoms with van der Waals surface area (Å²) >= 11 is 0. The van der Waals surface area contributed by atoms with Gasteiger partial charge in [-0.15, -0.1) is 0 Å². The second-order valence-corrected chi connectivity index (χ2v) is 6.93. The van der Waals surface area contributed by atoms with E-state index in [1.54, 1.807) is 18.2 Å². The molecule has 0 spiro atoms. The lowest BCUT2D eigenvalue weighted by Crippen LogP contribution is -2.14. The Kier molecular flexibility index (Phi) is 5.30. The summed E-state index contributed by atoms with van der Waals surface area (Å²) in [6.45, 7) is 2.24. The molecule has 0 saturated heterocycles. The molecule has 1 aliphatic rings. The zero-order chi connectivity index (χ0) is 16.9. The maximum Gasteiger partial charge on any atom is 0.127 e. The predicted molar refractivity (Wildman–Crippen MR) is 96.2 cm³/mol. The average molecular weight is 321 g/mol. The van der Waals surface area contributed by atoms with E-state index in [0.717, 1.165) is 35.4 Å². The zero-order valence-electron chi connectivity index (χ0n) is 14.3. The van der Waals surface area contributed by atoms with Crippen molar-refractivity contribution >= 4 is 0 Å². The van der Waals surface area contributed by atoms with Crippen LogP contribution < -0.4 is 0 Å². The molecular weight excluding hydrogens is 297 g/mol. The minimum atomic E-state index is -0.0872. The Balaban J connectivity index is 1.74. The molecule has 2 aromatic carbocycles. The molecule has 124 valence electrons. The molecule has 1 nitrogen and oxygen atoms in total. The van der Waals surface area contributed by atoms with E-state index in [1.165, 1.54) is 25.7 Å². The van der Waals surface area contributed by atoms with Crippen LogP contribution in [0.25, 0.3) is 11.1 Å². The van der Waals surface area contributed by atoms with E-state index in [2.05, 4.69) is 13.0 Å². The molecule has 0 unspecified atom stereocenters. The number of hydrogen-bond donors (Lipinski definition) is 0. The van der Waals surface area contributed by atoms with Gasteiger partial charge in [-0.25, -0.2) is 4.39 Å². The standard InChI is InChI=1S/C22H24FN/c1-2-3-16-4-10-19(11-5-16)21-13-12-20(14-22(21)23)18-8-6-17(15-24)7-9-18/h6-9,12-14,16,19H,2-5,10-11H2,1H3. The maximum atomic E-state index is 14.7. The Hall–Kier alpha value is -2.14. The SMILES string of the molecule is CCCC1CCC(c2ccc(-c3ccc(C#N)cc3)cc2F)CC1. The molecule has 1 saturated carbocycles. The van der Waals surface area contributed by atoms with Gasteiger partial charge in [-0.1, -0.05) is 44.0 Å². The second kappa shape index (κ2) is 7.62. The van der Waals surface area contributed by atoms with Crippen LogP contribution in [0, 0.1) is 23.1 Å². The highest BCUT2D eigenvalue weighted by atomic mass is 19.1. The largest absolute Gasteiger partial charge is 0.207 e. The third-order valence-electron chi connectivity index (χ3n) is 5.33. The van der Waals surface area contributed by atoms with Crippen LogP contribution in [0.4, 0.5) is 4.39 Å². The molecule has 0 heterocycles. The number of nitrogens with zero attached hydrogens (tertiary/aromatic N) is 1. The maximum absolute atomic E-state index is 14.7. The third-order valence-corrected chi connectivity index (χ3v) is 5.33. The fraction of sp³-hybridized carbons (Fsp3) is 0.409. The number of benzene rings is 2. The smallest absolute Gasteiger partial charge is 0.127 e. The van der Waals surface area contributed by atoms with Crippen LogP contribution in [-0.4, -0.2) is 0 Å². The fourth-order valence-corrected chi connectivity index (χ4v) is 3.95. The monoisotopic (exact) mass is 321 g/mol. The Labute approximate surface area is 144 Å². The number of halogens is 1. The number of rotatable bonds is 4. The summed E-state index contributed by atoms with van der Waals surface area (Å²) in [6, 6.07) is 15.0. The summed E-state index contributed by atoms with van der Waals surface area (Å²) in [6.07, 6.45) is 7.25. The highest BCUT2D eigenvalue weighted by molar-refractivity contribution is 5.64. The molecular formula is C22H24FN. The molecule has 0 N–H and O–H groups in total. The molecule has 1 fully saturated rings. The summed E-state index contributed by atoms with van der Waals surface area (Å²) < 4.78 is 14.7. The van der Waals surface area contributed by atoms with Crippen LogP contribution in [0.5, 0.6) is 0 Å². The van der Waals surface area contributed by atoms with Crippen LogP contribution in [0.3, 0.4) is 0 Å². The van der Waals surface area contributed by atoms with Crippen molar-refractivity contribution in [2.45, 2.75) is 51.4 Å². The molecule has 0 atom stereocenters. The van der Waals surface area contributed by atoms with Crippen LogP contribution in [0.2, 0.25) is 0 Å². The molecule has 24 heavy (non-hydrogen) atoms. The number of hydrogen-bond acceptors (Lipinski definition) is 1. The van der Waals surface area contributed by atoms with Crippen molar-refractivity contribution in [1.29, 1.82) is 5.26 Å². The van der Waals surface area contributed by atoms with Crippen LogP contribution in [-0.2, 0) is 0 Å². The van der Waals surface area contributed by atoms with Gasteiger partial charge >= 0.3 is 0 Å². The van der Waals surface area contributed by atoms with E-state index in [9.17, 15) is 4.39 Å². The predicted octanol–water partition coefficient (Wildman–Crippen LogP) is 6.44. The van der Waals surface area contributed by atoms with E-state index in [-0.39, 0.29) is 5.82 Å². The van der Waals surface area contributed by atoms with Gasteiger partial charge in [0.25, 0.3) is 0 Å². The van der Waals surface area contributed by atoms with E-state index in [0.29, 0.717) is 11.5 Å². The van der Waals surface area contributed by atoms with Crippen molar-refractivity contribution in [2.75, 3.05) is 0 Å². The zero-order valence-corrected chi connectivity index (χ0v) is 14.3. The topological polar surface area (TPSA) is 23.8 Å². The highest BCUT2D eigenvalue weighted by Gasteiger charge is 2.24. The van der Waals surface area contributed by atoms with Crippen molar-refractivity contribution < 1.29 is 4.39 Å². The molecule has 1 aliphatic carbocycles. The lowest BCUT2D eigenvalue weighted by molar-refractivity contribution is 0.304. The Bertz CT molecular complexity index is 719. The van der Waals surface area contributed by atoms with Gasteiger partial charge < -0.3 is 0 Å². The normalized spacial score (nSPS) is 20.5. The van der Waals surface area contributed by atoms with Crippen LogP contribution in [0.1, 0.15) is 62.5 Å². The Morgan fingerprint density at radius 2 is 1.67 bits per heavy atom. The van der Waals surface area contributed by atoms with Crippen LogP contribution >= 0.6 is 0 Å². The van der Waals surface area contributed by atoms with Gasteiger partial charge in [-0.2, -0.15) is 5.26 Å².